The van der Waals surface area contributed by atoms with Gasteiger partial charge in [0.05, 0.1) is 12.7 Å². The van der Waals surface area contributed by atoms with Crippen molar-refractivity contribution in [1.29, 1.82) is 0 Å². The molecule has 0 unspecified atom stereocenters. The van der Waals surface area contributed by atoms with E-state index in [1.54, 1.807) is 0 Å². The van der Waals surface area contributed by atoms with Crippen LogP contribution in [-0.4, -0.2) is 37.7 Å². The van der Waals surface area contributed by atoms with Gasteiger partial charge in [-0.3, -0.25) is 0 Å². The standard InChI is InChI=1S/C9H19NO/c1-8(2)6-9-7-10(3)4-5-11-9/h8-9H,4-7H2,1-3H3/t9-/m1/s1. The monoisotopic (exact) mass is 157 g/mol. The second-order valence-electron chi connectivity index (χ2n) is 3.88. The van der Waals surface area contributed by atoms with Crippen molar-refractivity contribution in [2.75, 3.05) is 26.7 Å². The third-order valence-electron chi connectivity index (χ3n) is 2.08. The molecule has 0 amide bonds. The summed E-state index contributed by atoms with van der Waals surface area (Å²) in [7, 11) is 2.16. The lowest BCUT2D eigenvalue weighted by Gasteiger charge is -2.30. The van der Waals surface area contributed by atoms with Crippen LogP contribution in [0.2, 0.25) is 0 Å². The molecule has 1 heterocycles. The molecule has 0 bridgehead atoms. The Kier molecular flexibility index (Phi) is 3.34. The molecule has 0 aliphatic carbocycles. The highest BCUT2D eigenvalue weighted by atomic mass is 16.5. The molecule has 11 heavy (non-hydrogen) atoms. The van der Waals surface area contributed by atoms with Gasteiger partial charge in [0, 0.05) is 13.1 Å². The first kappa shape index (κ1) is 9.01. The van der Waals surface area contributed by atoms with Crippen molar-refractivity contribution in [2.45, 2.75) is 26.4 Å². The Bertz CT molecular complexity index is 112. The quantitative estimate of drug-likeness (QED) is 0.600. The van der Waals surface area contributed by atoms with Gasteiger partial charge in [-0.05, 0) is 19.4 Å². The molecule has 1 saturated heterocycles. The fourth-order valence-electron chi connectivity index (χ4n) is 1.54. The van der Waals surface area contributed by atoms with Gasteiger partial charge in [-0.2, -0.15) is 0 Å². The van der Waals surface area contributed by atoms with Gasteiger partial charge in [0.2, 0.25) is 0 Å². The first-order chi connectivity index (χ1) is 5.18. The van der Waals surface area contributed by atoms with E-state index in [-0.39, 0.29) is 0 Å². The number of rotatable bonds is 2. The molecule has 0 spiro atoms. The predicted molar refractivity (Wildman–Crippen MR) is 46.7 cm³/mol. The van der Waals surface area contributed by atoms with Crippen LogP contribution in [0.5, 0.6) is 0 Å². The highest BCUT2D eigenvalue weighted by Crippen LogP contribution is 2.12. The Morgan fingerprint density at radius 2 is 2.27 bits per heavy atom. The second-order valence-corrected chi connectivity index (χ2v) is 3.88. The molecule has 0 radical (unpaired) electrons. The largest absolute Gasteiger partial charge is 0.376 e. The Hall–Kier alpha value is -0.0800. The topological polar surface area (TPSA) is 12.5 Å². The Labute approximate surface area is 69.5 Å². The molecular weight excluding hydrogens is 138 g/mol. The van der Waals surface area contributed by atoms with E-state index in [4.69, 9.17) is 4.74 Å². The van der Waals surface area contributed by atoms with E-state index in [1.165, 1.54) is 6.42 Å². The van der Waals surface area contributed by atoms with Gasteiger partial charge in [-0.15, -0.1) is 0 Å². The molecule has 0 aromatic heterocycles. The highest BCUT2D eigenvalue weighted by Gasteiger charge is 2.17. The molecule has 1 atom stereocenters. The zero-order chi connectivity index (χ0) is 8.27. The third-order valence-corrected chi connectivity index (χ3v) is 2.08. The summed E-state index contributed by atoms with van der Waals surface area (Å²) in [5, 5.41) is 0. The van der Waals surface area contributed by atoms with Crippen LogP contribution < -0.4 is 0 Å². The van der Waals surface area contributed by atoms with E-state index in [1.807, 2.05) is 0 Å². The lowest BCUT2D eigenvalue weighted by Crippen LogP contribution is -2.40. The third kappa shape index (κ3) is 3.21. The molecule has 0 aromatic carbocycles. The summed E-state index contributed by atoms with van der Waals surface area (Å²) in [6, 6.07) is 0. The van der Waals surface area contributed by atoms with E-state index in [2.05, 4.69) is 25.8 Å². The lowest BCUT2D eigenvalue weighted by atomic mass is 10.1. The van der Waals surface area contributed by atoms with Crippen molar-refractivity contribution >= 4 is 0 Å². The Morgan fingerprint density at radius 3 is 2.82 bits per heavy atom. The summed E-state index contributed by atoms with van der Waals surface area (Å²) in [6.07, 6.45) is 1.68. The number of morpholine rings is 1. The first-order valence-electron chi connectivity index (χ1n) is 4.48. The maximum absolute atomic E-state index is 5.62. The average Bonchev–Trinajstić information content (AvgIpc) is 1.85. The van der Waals surface area contributed by atoms with Gasteiger partial charge < -0.3 is 9.64 Å². The van der Waals surface area contributed by atoms with Gasteiger partial charge in [-0.1, -0.05) is 13.8 Å². The van der Waals surface area contributed by atoms with Crippen molar-refractivity contribution in [3.8, 4) is 0 Å². The van der Waals surface area contributed by atoms with Crippen LogP contribution in [0, 0.1) is 5.92 Å². The molecule has 2 nitrogen and oxygen atoms in total. The number of hydrogen-bond donors (Lipinski definition) is 0. The van der Waals surface area contributed by atoms with Crippen LogP contribution >= 0.6 is 0 Å². The second kappa shape index (κ2) is 4.07. The van der Waals surface area contributed by atoms with Crippen molar-refractivity contribution in [2.24, 2.45) is 5.92 Å². The summed E-state index contributed by atoms with van der Waals surface area (Å²) in [5.41, 5.74) is 0. The van der Waals surface area contributed by atoms with Crippen LogP contribution in [0.25, 0.3) is 0 Å². The van der Waals surface area contributed by atoms with Crippen LogP contribution in [0.3, 0.4) is 0 Å². The molecule has 1 aliphatic rings. The fraction of sp³-hybridized carbons (Fsp3) is 1.00. The Balaban J connectivity index is 2.23. The minimum absolute atomic E-state index is 0.480. The summed E-state index contributed by atoms with van der Waals surface area (Å²) < 4.78 is 5.62. The van der Waals surface area contributed by atoms with E-state index < -0.39 is 0 Å². The molecule has 1 fully saturated rings. The fourth-order valence-corrected chi connectivity index (χ4v) is 1.54. The van der Waals surface area contributed by atoms with Gasteiger partial charge in [0.15, 0.2) is 0 Å². The summed E-state index contributed by atoms with van der Waals surface area (Å²) in [6.45, 7) is 7.61. The van der Waals surface area contributed by atoms with Crippen LogP contribution in [-0.2, 0) is 4.74 Å². The lowest BCUT2D eigenvalue weighted by molar-refractivity contribution is -0.0288. The molecule has 2 heteroatoms. The number of nitrogens with zero attached hydrogens (tertiary/aromatic N) is 1. The minimum Gasteiger partial charge on any atom is -0.376 e. The summed E-state index contributed by atoms with van der Waals surface area (Å²) >= 11 is 0. The molecule has 0 saturated carbocycles. The van der Waals surface area contributed by atoms with Crippen LogP contribution in [0.15, 0.2) is 0 Å². The van der Waals surface area contributed by atoms with E-state index in [0.717, 1.165) is 25.6 Å². The van der Waals surface area contributed by atoms with Crippen molar-refractivity contribution in [3.63, 3.8) is 0 Å². The zero-order valence-corrected chi connectivity index (χ0v) is 7.84. The van der Waals surface area contributed by atoms with Crippen molar-refractivity contribution in [3.05, 3.63) is 0 Å². The predicted octanol–water partition coefficient (Wildman–Crippen LogP) is 1.36. The van der Waals surface area contributed by atoms with Crippen molar-refractivity contribution in [1.82, 2.24) is 4.90 Å². The van der Waals surface area contributed by atoms with Crippen molar-refractivity contribution < 1.29 is 4.74 Å². The number of ether oxygens (including phenoxy) is 1. The highest BCUT2D eigenvalue weighted by molar-refractivity contribution is 4.69. The van der Waals surface area contributed by atoms with Gasteiger partial charge >= 0.3 is 0 Å². The van der Waals surface area contributed by atoms with Gasteiger partial charge in [0.1, 0.15) is 0 Å². The normalized spacial score (nSPS) is 27.8. The van der Waals surface area contributed by atoms with Crippen LogP contribution in [0.4, 0.5) is 0 Å². The maximum atomic E-state index is 5.62. The molecular formula is C9H19NO. The number of hydrogen-bond acceptors (Lipinski definition) is 2. The Morgan fingerprint density at radius 1 is 1.55 bits per heavy atom. The molecule has 1 aliphatic heterocycles. The summed E-state index contributed by atoms with van der Waals surface area (Å²) in [4.78, 5) is 2.34. The minimum atomic E-state index is 0.480. The van der Waals surface area contributed by atoms with E-state index in [9.17, 15) is 0 Å². The van der Waals surface area contributed by atoms with Gasteiger partial charge in [-0.25, -0.2) is 0 Å². The zero-order valence-electron chi connectivity index (χ0n) is 7.84. The van der Waals surface area contributed by atoms with Crippen LogP contribution in [0.1, 0.15) is 20.3 Å². The number of likely N-dealkylation sites (N-methyl/N-ethyl adjacent to an activating group) is 1. The van der Waals surface area contributed by atoms with E-state index in [0.29, 0.717) is 6.10 Å². The average molecular weight is 157 g/mol. The molecule has 0 aromatic rings. The maximum Gasteiger partial charge on any atom is 0.0704 e. The van der Waals surface area contributed by atoms with E-state index >= 15 is 0 Å². The SMILES string of the molecule is CC(C)C[C@@H]1CN(C)CCO1. The molecule has 1 rings (SSSR count). The first-order valence-corrected chi connectivity index (χ1v) is 4.48. The van der Waals surface area contributed by atoms with Gasteiger partial charge in [0.25, 0.3) is 0 Å². The summed E-state index contributed by atoms with van der Waals surface area (Å²) in [5.74, 6) is 0.756. The smallest absolute Gasteiger partial charge is 0.0704 e. The molecule has 0 N–H and O–H groups in total. The molecule has 66 valence electrons.